The lowest BCUT2D eigenvalue weighted by Gasteiger charge is -2.30. The summed E-state index contributed by atoms with van der Waals surface area (Å²) in [7, 11) is -7.99. The van der Waals surface area contributed by atoms with Gasteiger partial charge in [-0.3, -0.25) is 9.03 Å². The standard InChI is InChI=1S/C19H16F2N2O4S3/c20-14-5-8-18(16(21)12-14)29(24,25)22-15-6-7-17-13(11-15)3-1-9-23(17)30(26,27)19-4-2-10-28-19/h2,4-8,10-12,22H,1,3,9H2. The fourth-order valence-corrected chi connectivity index (χ4v) is 7.05. The molecule has 0 fully saturated rings. The van der Waals surface area contributed by atoms with E-state index in [0.29, 0.717) is 36.7 Å². The molecule has 11 heteroatoms. The van der Waals surface area contributed by atoms with Crippen LogP contribution < -0.4 is 9.03 Å². The Morgan fingerprint density at radius 2 is 1.80 bits per heavy atom. The number of thiophene rings is 1. The Morgan fingerprint density at radius 3 is 2.50 bits per heavy atom. The number of anilines is 2. The van der Waals surface area contributed by atoms with Crippen LogP contribution in [0.1, 0.15) is 12.0 Å². The molecule has 0 radical (unpaired) electrons. The minimum Gasteiger partial charge on any atom is -0.280 e. The molecule has 1 aromatic heterocycles. The van der Waals surface area contributed by atoms with Crippen LogP contribution in [0, 0.1) is 11.6 Å². The quantitative estimate of drug-likeness (QED) is 0.612. The molecule has 158 valence electrons. The maximum Gasteiger partial charge on any atom is 0.273 e. The SMILES string of the molecule is O=S(=O)(Nc1ccc2c(c1)CCCN2S(=O)(=O)c1cccs1)c1ccc(F)cc1F. The van der Waals surface area contributed by atoms with Crippen LogP contribution in [-0.2, 0) is 26.5 Å². The van der Waals surface area contributed by atoms with Gasteiger partial charge in [-0.15, -0.1) is 11.3 Å². The summed E-state index contributed by atoms with van der Waals surface area (Å²) in [5.74, 6) is -2.08. The molecule has 0 atom stereocenters. The first-order valence-corrected chi connectivity index (χ1v) is 12.7. The van der Waals surface area contributed by atoms with Crippen molar-refractivity contribution in [2.45, 2.75) is 21.9 Å². The van der Waals surface area contributed by atoms with Crippen molar-refractivity contribution in [1.29, 1.82) is 0 Å². The third-order valence-corrected chi connectivity index (χ3v) is 9.23. The van der Waals surface area contributed by atoms with Gasteiger partial charge in [-0.1, -0.05) is 6.07 Å². The Kier molecular flexibility index (Phi) is 5.28. The van der Waals surface area contributed by atoms with Gasteiger partial charge in [0.05, 0.1) is 5.69 Å². The summed E-state index contributed by atoms with van der Waals surface area (Å²) < 4.78 is 81.7. The second-order valence-corrected chi connectivity index (χ2v) is 11.3. The van der Waals surface area contributed by atoms with E-state index in [0.717, 1.165) is 23.5 Å². The zero-order valence-corrected chi connectivity index (χ0v) is 17.8. The van der Waals surface area contributed by atoms with Gasteiger partial charge in [0.15, 0.2) is 0 Å². The third-order valence-electron chi connectivity index (χ3n) is 4.63. The van der Waals surface area contributed by atoms with Crippen molar-refractivity contribution in [3.8, 4) is 0 Å². The first-order valence-electron chi connectivity index (χ1n) is 8.85. The number of nitrogens with one attached hydrogen (secondary N) is 1. The summed E-state index contributed by atoms with van der Waals surface area (Å²) in [6.07, 6.45) is 1.13. The number of hydrogen-bond acceptors (Lipinski definition) is 5. The molecule has 6 nitrogen and oxygen atoms in total. The number of halogens is 2. The fourth-order valence-electron chi connectivity index (χ4n) is 3.30. The van der Waals surface area contributed by atoms with Crippen LogP contribution in [0.5, 0.6) is 0 Å². The smallest absolute Gasteiger partial charge is 0.273 e. The number of benzene rings is 2. The number of aryl methyl sites for hydroxylation is 1. The summed E-state index contributed by atoms with van der Waals surface area (Å²) in [4.78, 5) is -0.677. The Hall–Kier alpha value is -2.50. The summed E-state index contributed by atoms with van der Waals surface area (Å²) in [6.45, 7) is 0.319. The van der Waals surface area contributed by atoms with Crippen LogP contribution in [0.25, 0.3) is 0 Å². The van der Waals surface area contributed by atoms with Crippen molar-refractivity contribution in [3.63, 3.8) is 0 Å². The van der Waals surface area contributed by atoms with Gasteiger partial charge < -0.3 is 0 Å². The van der Waals surface area contributed by atoms with Crippen molar-refractivity contribution in [2.75, 3.05) is 15.6 Å². The number of rotatable bonds is 5. The topological polar surface area (TPSA) is 83.6 Å². The van der Waals surface area contributed by atoms with Gasteiger partial charge in [-0.25, -0.2) is 25.6 Å². The van der Waals surface area contributed by atoms with Crippen molar-refractivity contribution in [1.82, 2.24) is 0 Å². The van der Waals surface area contributed by atoms with Crippen LogP contribution in [0.3, 0.4) is 0 Å². The number of sulfonamides is 2. The molecule has 0 unspecified atom stereocenters. The van der Waals surface area contributed by atoms with E-state index in [1.807, 2.05) is 0 Å². The van der Waals surface area contributed by atoms with E-state index in [2.05, 4.69) is 4.72 Å². The zero-order valence-electron chi connectivity index (χ0n) is 15.4. The molecule has 2 aromatic carbocycles. The highest BCUT2D eigenvalue weighted by Gasteiger charge is 2.30. The number of nitrogens with zero attached hydrogens (tertiary/aromatic N) is 1. The molecule has 0 aliphatic carbocycles. The van der Waals surface area contributed by atoms with Crippen molar-refractivity contribution < 1.29 is 25.6 Å². The molecule has 0 saturated carbocycles. The average molecular weight is 471 g/mol. The maximum atomic E-state index is 13.9. The molecule has 3 aromatic rings. The Labute approximate surface area is 176 Å². The lowest BCUT2D eigenvalue weighted by molar-refractivity contribution is 0.551. The van der Waals surface area contributed by atoms with Crippen molar-refractivity contribution >= 4 is 42.8 Å². The predicted octanol–water partition coefficient (Wildman–Crippen LogP) is 3.97. The predicted molar refractivity (Wildman–Crippen MR) is 111 cm³/mol. The molecular formula is C19H16F2N2O4S3. The molecule has 30 heavy (non-hydrogen) atoms. The van der Waals surface area contributed by atoms with Gasteiger partial charge in [-0.2, -0.15) is 0 Å². The normalized spacial score (nSPS) is 14.4. The van der Waals surface area contributed by atoms with E-state index < -0.39 is 36.6 Å². The van der Waals surface area contributed by atoms with Crippen LogP contribution >= 0.6 is 11.3 Å². The van der Waals surface area contributed by atoms with Crippen LogP contribution in [0.4, 0.5) is 20.2 Å². The van der Waals surface area contributed by atoms with E-state index in [4.69, 9.17) is 0 Å². The molecule has 1 aliphatic rings. The lowest BCUT2D eigenvalue weighted by atomic mass is 10.0. The molecular weight excluding hydrogens is 454 g/mol. The molecule has 0 saturated heterocycles. The monoisotopic (exact) mass is 470 g/mol. The van der Waals surface area contributed by atoms with Gasteiger partial charge in [0.2, 0.25) is 0 Å². The van der Waals surface area contributed by atoms with E-state index in [1.165, 1.54) is 28.6 Å². The van der Waals surface area contributed by atoms with E-state index >= 15 is 0 Å². The van der Waals surface area contributed by atoms with Crippen molar-refractivity contribution in [2.24, 2.45) is 0 Å². The molecule has 0 amide bonds. The van der Waals surface area contributed by atoms with E-state index in [9.17, 15) is 25.6 Å². The summed E-state index contributed by atoms with van der Waals surface area (Å²) in [6, 6.07) is 9.87. The van der Waals surface area contributed by atoms with Gasteiger partial charge >= 0.3 is 0 Å². The number of hydrogen-bond donors (Lipinski definition) is 1. The second kappa shape index (κ2) is 7.64. The molecule has 0 bridgehead atoms. The minimum absolute atomic E-state index is 0.160. The van der Waals surface area contributed by atoms with E-state index in [1.54, 1.807) is 11.4 Å². The molecule has 0 spiro atoms. The molecule has 1 N–H and O–H groups in total. The van der Waals surface area contributed by atoms with Gasteiger partial charge in [0, 0.05) is 18.3 Å². The minimum atomic E-state index is -4.29. The number of fused-ring (bicyclic) bond motifs is 1. The van der Waals surface area contributed by atoms with Gasteiger partial charge in [-0.05, 0) is 60.2 Å². The average Bonchev–Trinajstić information content (AvgIpc) is 3.22. The highest BCUT2D eigenvalue weighted by atomic mass is 32.2. The van der Waals surface area contributed by atoms with Crippen LogP contribution in [-0.4, -0.2) is 23.4 Å². The highest BCUT2D eigenvalue weighted by Crippen LogP contribution is 2.35. The Morgan fingerprint density at radius 1 is 1.00 bits per heavy atom. The highest BCUT2D eigenvalue weighted by molar-refractivity contribution is 7.94. The van der Waals surface area contributed by atoms with Gasteiger partial charge in [0.25, 0.3) is 20.0 Å². The first kappa shape index (κ1) is 20.8. The van der Waals surface area contributed by atoms with Crippen molar-refractivity contribution in [3.05, 3.63) is 71.1 Å². The largest absolute Gasteiger partial charge is 0.280 e. The molecule has 2 heterocycles. The third kappa shape index (κ3) is 3.80. The summed E-state index contributed by atoms with van der Waals surface area (Å²) in [5, 5.41) is 1.68. The lowest BCUT2D eigenvalue weighted by Crippen LogP contribution is -2.35. The maximum absolute atomic E-state index is 13.9. The zero-order chi connectivity index (χ0) is 21.5. The van der Waals surface area contributed by atoms with Gasteiger partial charge in [0.1, 0.15) is 20.7 Å². The Bertz CT molecular complexity index is 1310. The fraction of sp³-hybridized carbons (Fsp3) is 0.158. The van der Waals surface area contributed by atoms with Crippen LogP contribution in [0.15, 0.2) is 63.0 Å². The van der Waals surface area contributed by atoms with E-state index in [-0.39, 0.29) is 9.90 Å². The second-order valence-electron chi connectivity index (χ2n) is 6.64. The Balaban J connectivity index is 1.66. The summed E-state index contributed by atoms with van der Waals surface area (Å²) in [5.41, 5.74) is 1.29. The molecule has 4 rings (SSSR count). The molecule has 1 aliphatic heterocycles. The summed E-state index contributed by atoms with van der Waals surface area (Å²) >= 11 is 1.13. The van der Waals surface area contributed by atoms with Crippen LogP contribution in [0.2, 0.25) is 0 Å². The first-order chi connectivity index (χ1) is 14.2.